The van der Waals surface area contributed by atoms with Crippen molar-refractivity contribution in [1.82, 2.24) is 0 Å². The number of unbranched alkanes of at least 4 members (excludes halogenated alkanes) is 1. The Kier molecular flexibility index (Phi) is 5.37. The monoisotopic (exact) mass is 289 g/mol. The summed E-state index contributed by atoms with van der Waals surface area (Å²) in [7, 11) is 0. The average Bonchev–Trinajstić information content (AvgIpc) is 2.96. The second-order valence-electron chi connectivity index (χ2n) is 5.77. The molecule has 1 saturated carbocycles. The topological polar surface area (TPSA) is 66.4 Å². The van der Waals surface area contributed by atoms with Crippen LogP contribution in [-0.4, -0.2) is 17.0 Å². The van der Waals surface area contributed by atoms with Gasteiger partial charge in [-0.05, 0) is 43.4 Å². The van der Waals surface area contributed by atoms with Crippen molar-refractivity contribution in [1.29, 1.82) is 0 Å². The number of amides is 1. The molecule has 0 heterocycles. The molecule has 1 aliphatic carbocycles. The van der Waals surface area contributed by atoms with Crippen LogP contribution in [0.5, 0.6) is 0 Å². The van der Waals surface area contributed by atoms with Crippen LogP contribution in [-0.2, 0) is 16.0 Å². The van der Waals surface area contributed by atoms with Crippen molar-refractivity contribution in [3.05, 3.63) is 29.8 Å². The third-order valence-corrected chi connectivity index (χ3v) is 4.21. The lowest BCUT2D eigenvalue weighted by molar-refractivity contribution is -0.145. The molecule has 0 radical (unpaired) electrons. The van der Waals surface area contributed by atoms with Gasteiger partial charge in [0, 0.05) is 5.69 Å². The minimum absolute atomic E-state index is 0.166. The zero-order chi connectivity index (χ0) is 15.2. The van der Waals surface area contributed by atoms with Crippen molar-refractivity contribution in [2.75, 3.05) is 5.32 Å². The number of carboxylic acid groups (broad SMARTS) is 1. The predicted molar refractivity (Wildman–Crippen MR) is 82.2 cm³/mol. The highest BCUT2D eigenvalue weighted by Gasteiger charge is 2.37. The largest absolute Gasteiger partial charge is 0.481 e. The van der Waals surface area contributed by atoms with Crippen LogP contribution in [0.4, 0.5) is 5.69 Å². The number of benzene rings is 1. The maximum atomic E-state index is 12.2. The van der Waals surface area contributed by atoms with E-state index in [9.17, 15) is 9.59 Å². The molecule has 4 nitrogen and oxygen atoms in total. The molecule has 1 aliphatic rings. The van der Waals surface area contributed by atoms with E-state index in [1.165, 1.54) is 5.56 Å². The van der Waals surface area contributed by atoms with Crippen LogP contribution < -0.4 is 5.32 Å². The summed E-state index contributed by atoms with van der Waals surface area (Å²) in [4.78, 5) is 23.3. The zero-order valence-corrected chi connectivity index (χ0v) is 12.5. The summed E-state index contributed by atoms with van der Waals surface area (Å²) < 4.78 is 0. The molecule has 2 N–H and O–H groups in total. The van der Waals surface area contributed by atoms with Gasteiger partial charge in [-0.25, -0.2) is 0 Å². The molecule has 2 rings (SSSR count). The smallest absolute Gasteiger partial charge is 0.307 e. The standard InChI is InChI=1S/C17H23NO3/c1-2-3-5-12-8-10-13(11-9-12)18-16(19)14-6-4-7-15(14)17(20)21/h8-11,14-15H,2-7H2,1H3,(H,18,19)(H,20,21). The van der Waals surface area contributed by atoms with Crippen LogP contribution in [0.3, 0.4) is 0 Å². The Morgan fingerprint density at radius 3 is 2.48 bits per heavy atom. The van der Waals surface area contributed by atoms with E-state index in [1.54, 1.807) is 0 Å². The van der Waals surface area contributed by atoms with Crippen molar-refractivity contribution in [2.24, 2.45) is 11.8 Å². The number of hydrogen-bond donors (Lipinski definition) is 2. The number of rotatable bonds is 6. The third-order valence-electron chi connectivity index (χ3n) is 4.21. The van der Waals surface area contributed by atoms with E-state index in [4.69, 9.17) is 5.11 Å². The summed E-state index contributed by atoms with van der Waals surface area (Å²) in [6.45, 7) is 2.16. The summed E-state index contributed by atoms with van der Waals surface area (Å²) in [5, 5.41) is 12.0. The first-order valence-corrected chi connectivity index (χ1v) is 7.74. The van der Waals surface area contributed by atoms with Gasteiger partial charge in [0.05, 0.1) is 11.8 Å². The molecule has 4 heteroatoms. The molecule has 2 unspecified atom stereocenters. The fourth-order valence-electron chi connectivity index (χ4n) is 2.94. The summed E-state index contributed by atoms with van der Waals surface area (Å²) >= 11 is 0. The first kappa shape index (κ1) is 15.5. The van der Waals surface area contributed by atoms with Gasteiger partial charge < -0.3 is 10.4 Å². The molecule has 114 valence electrons. The third kappa shape index (κ3) is 4.06. The van der Waals surface area contributed by atoms with Gasteiger partial charge in [-0.2, -0.15) is 0 Å². The summed E-state index contributed by atoms with van der Waals surface area (Å²) in [5.74, 6) is -1.96. The number of carbonyl (C=O) groups is 2. The van der Waals surface area contributed by atoms with Crippen molar-refractivity contribution >= 4 is 17.6 Å². The molecule has 0 saturated heterocycles. The maximum absolute atomic E-state index is 12.2. The van der Waals surface area contributed by atoms with Gasteiger partial charge in [0.15, 0.2) is 0 Å². The van der Waals surface area contributed by atoms with E-state index in [2.05, 4.69) is 12.2 Å². The van der Waals surface area contributed by atoms with E-state index in [0.717, 1.165) is 31.4 Å². The van der Waals surface area contributed by atoms with Gasteiger partial charge in [0.25, 0.3) is 0 Å². The second-order valence-corrected chi connectivity index (χ2v) is 5.77. The number of aryl methyl sites for hydroxylation is 1. The molecule has 1 aromatic carbocycles. The van der Waals surface area contributed by atoms with Crippen LogP contribution in [0.25, 0.3) is 0 Å². The molecule has 0 aromatic heterocycles. The first-order valence-electron chi connectivity index (χ1n) is 7.74. The van der Waals surface area contributed by atoms with Crippen LogP contribution in [0, 0.1) is 11.8 Å². The number of aliphatic carboxylic acids is 1. The molecule has 2 atom stereocenters. The van der Waals surface area contributed by atoms with Crippen molar-refractivity contribution in [2.45, 2.75) is 45.4 Å². The number of hydrogen-bond acceptors (Lipinski definition) is 2. The molecule has 1 aromatic rings. The van der Waals surface area contributed by atoms with Crippen molar-refractivity contribution in [3.8, 4) is 0 Å². The zero-order valence-electron chi connectivity index (χ0n) is 12.5. The minimum atomic E-state index is -0.859. The molecular weight excluding hydrogens is 266 g/mol. The fourth-order valence-corrected chi connectivity index (χ4v) is 2.94. The van der Waals surface area contributed by atoms with Gasteiger partial charge in [-0.1, -0.05) is 31.9 Å². The van der Waals surface area contributed by atoms with Crippen LogP contribution in [0.15, 0.2) is 24.3 Å². The predicted octanol–water partition coefficient (Wildman–Crippen LogP) is 3.47. The molecule has 0 spiro atoms. The van der Waals surface area contributed by atoms with Crippen LogP contribution >= 0.6 is 0 Å². The Labute approximate surface area is 125 Å². The Bertz CT molecular complexity index is 495. The Morgan fingerprint density at radius 1 is 1.19 bits per heavy atom. The van der Waals surface area contributed by atoms with Gasteiger partial charge >= 0.3 is 5.97 Å². The van der Waals surface area contributed by atoms with Crippen LogP contribution in [0.1, 0.15) is 44.6 Å². The highest BCUT2D eigenvalue weighted by Crippen LogP contribution is 2.32. The molecule has 0 bridgehead atoms. The molecular formula is C17H23NO3. The highest BCUT2D eigenvalue weighted by atomic mass is 16.4. The van der Waals surface area contributed by atoms with E-state index < -0.39 is 17.8 Å². The molecule has 1 amide bonds. The molecule has 0 aliphatic heterocycles. The normalized spacial score (nSPS) is 21.2. The quantitative estimate of drug-likeness (QED) is 0.842. The van der Waals surface area contributed by atoms with E-state index in [0.29, 0.717) is 12.8 Å². The number of anilines is 1. The van der Waals surface area contributed by atoms with Gasteiger partial charge in [-0.15, -0.1) is 0 Å². The molecule has 1 fully saturated rings. The lowest BCUT2D eigenvalue weighted by Gasteiger charge is -2.15. The fraction of sp³-hybridized carbons (Fsp3) is 0.529. The summed E-state index contributed by atoms with van der Waals surface area (Å²) in [6.07, 6.45) is 5.45. The van der Waals surface area contributed by atoms with Crippen molar-refractivity contribution < 1.29 is 14.7 Å². The number of carboxylic acids is 1. The second kappa shape index (κ2) is 7.25. The van der Waals surface area contributed by atoms with Gasteiger partial charge in [0.1, 0.15) is 0 Å². The SMILES string of the molecule is CCCCc1ccc(NC(=O)C2CCCC2C(=O)O)cc1. The summed E-state index contributed by atoms with van der Waals surface area (Å²) in [5.41, 5.74) is 2.01. The van der Waals surface area contributed by atoms with E-state index in [-0.39, 0.29) is 5.91 Å². The Morgan fingerprint density at radius 2 is 1.86 bits per heavy atom. The summed E-state index contributed by atoms with van der Waals surface area (Å²) in [6, 6.07) is 7.84. The van der Waals surface area contributed by atoms with Gasteiger partial charge in [0.2, 0.25) is 5.91 Å². The van der Waals surface area contributed by atoms with Crippen LogP contribution in [0.2, 0.25) is 0 Å². The Hall–Kier alpha value is -1.84. The average molecular weight is 289 g/mol. The Balaban J connectivity index is 1.94. The van der Waals surface area contributed by atoms with E-state index in [1.807, 2.05) is 24.3 Å². The van der Waals surface area contributed by atoms with Gasteiger partial charge in [-0.3, -0.25) is 9.59 Å². The number of carbonyl (C=O) groups excluding carboxylic acids is 1. The maximum Gasteiger partial charge on any atom is 0.307 e. The lowest BCUT2D eigenvalue weighted by atomic mass is 9.95. The highest BCUT2D eigenvalue weighted by molar-refractivity contribution is 5.95. The number of nitrogens with one attached hydrogen (secondary N) is 1. The lowest BCUT2D eigenvalue weighted by Crippen LogP contribution is -2.29. The van der Waals surface area contributed by atoms with E-state index >= 15 is 0 Å². The van der Waals surface area contributed by atoms with Crippen molar-refractivity contribution in [3.63, 3.8) is 0 Å². The first-order chi connectivity index (χ1) is 10.1. The molecule has 21 heavy (non-hydrogen) atoms. The minimum Gasteiger partial charge on any atom is -0.481 e.